The predicted octanol–water partition coefficient (Wildman–Crippen LogP) is 7.63. The summed E-state index contributed by atoms with van der Waals surface area (Å²) in [6.45, 7) is 15.7. The summed E-state index contributed by atoms with van der Waals surface area (Å²) in [5.41, 5.74) is 11.6. The zero-order valence-corrected chi connectivity index (χ0v) is 20.8. The van der Waals surface area contributed by atoms with Gasteiger partial charge in [0, 0.05) is 11.6 Å². The molecule has 0 amide bonds. The van der Waals surface area contributed by atoms with Crippen molar-refractivity contribution in [2.24, 2.45) is 7.05 Å². The quantitative estimate of drug-likeness (QED) is 0.305. The highest BCUT2D eigenvalue weighted by molar-refractivity contribution is 7.21. The van der Waals surface area contributed by atoms with E-state index in [1.54, 1.807) is 0 Å². The van der Waals surface area contributed by atoms with Crippen LogP contribution >= 0.6 is 11.3 Å². The van der Waals surface area contributed by atoms with Crippen LogP contribution in [0.15, 0.2) is 42.6 Å². The molecule has 0 aliphatic heterocycles. The summed E-state index contributed by atoms with van der Waals surface area (Å²) in [5.74, 6) is 0.913. The van der Waals surface area contributed by atoms with Crippen molar-refractivity contribution in [3.63, 3.8) is 0 Å². The van der Waals surface area contributed by atoms with Crippen molar-refractivity contribution in [1.82, 2.24) is 4.98 Å². The molecule has 0 atom stereocenters. The summed E-state index contributed by atoms with van der Waals surface area (Å²) in [6, 6.07) is 13.5. The number of hydrogen-bond acceptors (Lipinski definition) is 2. The highest BCUT2D eigenvalue weighted by Crippen LogP contribution is 2.41. The summed E-state index contributed by atoms with van der Waals surface area (Å²) >= 11 is 1.82. The third kappa shape index (κ3) is 3.80. The number of nitrogens with zero attached hydrogens (tertiary/aromatic N) is 2. The van der Waals surface area contributed by atoms with Gasteiger partial charge < -0.3 is 0 Å². The first-order chi connectivity index (χ1) is 14.7. The maximum absolute atomic E-state index is 5.30. The Hall–Kier alpha value is -2.52. The van der Waals surface area contributed by atoms with E-state index in [0.717, 1.165) is 10.5 Å². The summed E-state index contributed by atoms with van der Waals surface area (Å²) in [7, 11) is 2.13. The molecule has 0 unspecified atom stereocenters. The molecule has 0 spiro atoms. The van der Waals surface area contributed by atoms with Crippen LogP contribution in [0.2, 0.25) is 0 Å². The van der Waals surface area contributed by atoms with Gasteiger partial charge in [0.1, 0.15) is 12.1 Å². The predicted molar refractivity (Wildman–Crippen MR) is 134 cm³/mol. The number of hydrogen-bond donors (Lipinski definition) is 0. The summed E-state index contributed by atoms with van der Waals surface area (Å²) in [4.78, 5) is 5.30. The third-order valence-corrected chi connectivity index (χ3v) is 7.37. The molecule has 0 saturated heterocycles. The molecule has 0 aliphatic rings. The van der Waals surface area contributed by atoms with Gasteiger partial charge in [-0.05, 0) is 60.9 Å². The number of thiazole rings is 1. The summed E-state index contributed by atoms with van der Waals surface area (Å²) in [5, 5.41) is 1.14. The molecule has 0 bridgehead atoms. The standard InChI is InChI=1S/C28H33N2S/c1-16(2)21-10-9-11-22(17(3)4)25(21)28-29-26-24(31-28)12-13-30(8)27(26)23-15-18(5)14-19(6)20(23)7/h9-17H,1-8H3/q+1. The van der Waals surface area contributed by atoms with E-state index in [0.29, 0.717) is 11.8 Å². The van der Waals surface area contributed by atoms with Crippen LogP contribution in [0.4, 0.5) is 0 Å². The van der Waals surface area contributed by atoms with Gasteiger partial charge in [0.25, 0.3) is 0 Å². The number of fused-ring (bicyclic) bond motifs is 1. The molecule has 160 valence electrons. The molecule has 31 heavy (non-hydrogen) atoms. The van der Waals surface area contributed by atoms with E-state index in [1.165, 1.54) is 49.3 Å². The molecule has 0 N–H and O–H groups in total. The maximum Gasteiger partial charge on any atom is 0.239 e. The first-order valence-electron chi connectivity index (χ1n) is 11.2. The molecule has 0 saturated carbocycles. The van der Waals surface area contributed by atoms with Crippen LogP contribution in [0.25, 0.3) is 32.0 Å². The molecular weight excluding hydrogens is 396 g/mol. The van der Waals surface area contributed by atoms with Gasteiger partial charge in [0.15, 0.2) is 11.7 Å². The van der Waals surface area contributed by atoms with Crippen molar-refractivity contribution in [2.45, 2.75) is 60.3 Å². The summed E-state index contributed by atoms with van der Waals surface area (Å²) in [6.07, 6.45) is 2.18. The maximum atomic E-state index is 5.30. The second kappa shape index (κ2) is 8.20. The molecule has 4 aromatic rings. The van der Waals surface area contributed by atoms with Crippen LogP contribution < -0.4 is 4.57 Å². The zero-order chi connectivity index (χ0) is 22.4. The molecule has 2 aromatic carbocycles. The Morgan fingerprint density at radius 2 is 1.55 bits per heavy atom. The van der Waals surface area contributed by atoms with E-state index < -0.39 is 0 Å². The van der Waals surface area contributed by atoms with Gasteiger partial charge in [-0.1, -0.05) is 57.5 Å². The van der Waals surface area contributed by atoms with Crippen LogP contribution in [-0.2, 0) is 7.05 Å². The smallest absolute Gasteiger partial charge is 0.229 e. The van der Waals surface area contributed by atoms with Crippen LogP contribution in [0.3, 0.4) is 0 Å². The number of benzene rings is 2. The van der Waals surface area contributed by atoms with Gasteiger partial charge in [-0.2, -0.15) is 4.57 Å². The van der Waals surface area contributed by atoms with Crippen molar-refractivity contribution in [1.29, 1.82) is 0 Å². The second-order valence-corrected chi connectivity index (χ2v) is 10.4. The SMILES string of the molecule is Cc1cc(C)c(C)c(-c2c3nc(-c4c(C(C)C)cccc4C(C)C)sc3cc[n+]2C)c1. The van der Waals surface area contributed by atoms with Crippen molar-refractivity contribution in [3.05, 3.63) is 70.4 Å². The van der Waals surface area contributed by atoms with Gasteiger partial charge in [0.05, 0.1) is 10.3 Å². The summed E-state index contributed by atoms with van der Waals surface area (Å²) < 4.78 is 3.47. The van der Waals surface area contributed by atoms with E-state index in [9.17, 15) is 0 Å². The fourth-order valence-corrected chi connectivity index (χ4v) is 5.59. The lowest BCUT2D eigenvalue weighted by molar-refractivity contribution is -0.659. The average Bonchev–Trinajstić information content (AvgIpc) is 3.14. The minimum Gasteiger partial charge on any atom is -0.229 e. The third-order valence-electron chi connectivity index (χ3n) is 6.33. The van der Waals surface area contributed by atoms with Gasteiger partial charge in [0.2, 0.25) is 5.69 Å². The van der Waals surface area contributed by atoms with Crippen molar-refractivity contribution < 1.29 is 4.57 Å². The Labute approximate surface area is 190 Å². The zero-order valence-electron chi connectivity index (χ0n) is 20.0. The minimum atomic E-state index is 0.456. The van der Waals surface area contributed by atoms with Gasteiger partial charge in [-0.15, -0.1) is 11.3 Å². The van der Waals surface area contributed by atoms with Crippen LogP contribution in [-0.4, -0.2) is 4.98 Å². The first kappa shape index (κ1) is 21.7. The van der Waals surface area contributed by atoms with E-state index in [4.69, 9.17) is 4.98 Å². The topological polar surface area (TPSA) is 16.8 Å². The molecule has 2 heterocycles. The largest absolute Gasteiger partial charge is 0.239 e. The van der Waals surface area contributed by atoms with Gasteiger partial charge in [-0.25, -0.2) is 4.98 Å². The fourth-order valence-electron chi connectivity index (χ4n) is 4.54. The molecule has 0 fully saturated rings. The highest BCUT2D eigenvalue weighted by Gasteiger charge is 2.24. The Morgan fingerprint density at radius 1 is 0.903 bits per heavy atom. The Morgan fingerprint density at radius 3 is 2.16 bits per heavy atom. The number of aromatic nitrogens is 2. The van der Waals surface area contributed by atoms with Crippen molar-refractivity contribution in [3.8, 4) is 21.8 Å². The molecule has 3 heteroatoms. The van der Waals surface area contributed by atoms with E-state index in [-0.39, 0.29) is 0 Å². The van der Waals surface area contributed by atoms with Crippen LogP contribution in [0.1, 0.15) is 67.3 Å². The molecule has 2 aromatic heterocycles. The number of aryl methyl sites for hydroxylation is 3. The normalized spacial score (nSPS) is 11.8. The fraction of sp³-hybridized carbons (Fsp3) is 0.357. The monoisotopic (exact) mass is 429 g/mol. The number of pyridine rings is 1. The Balaban J connectivity index is 2.04. The minimum absolute atomic E-state index is 0.456. The van der Waals surface area contributed by atoms with E-state index >= 15 is 0 Å². The molecule has 2 nitrogen and oxygen atoms in total. The van der Waals surface area contributed by atoms with E-state index in [2.05, 4.69) is 103 Å². The Kier molecular flexibility index (Phi) is 5.74. The van der Waals surface area contributed by atoms with Gasteiger partial charge >= 0.3 is 0 Å². The second-order valence-electron chi connectivity index (χ2n) is 9.38. The van der Waals surface area contributed by atoms with Crippen LogP contribution in [0, 0.1) is 20.8 Å². The molecule has 0 aliphatic carbocycles. The molecule has 0 radical (unpaired) electrons. The van der Waals surface area contributed by atoms with E-state index in [1.807, 2.05) is 11.3 Å². The highest BCUT2D eigenvalue weighted by atomic mass is 32.1. The average molecular weight is 430 g/mol. The van der Waals surface area contributed by atoms with Crippen molar-refractivity contribution >= 4 is 21.6 Å². The lowest BCUT2D eigenvalue weighted by Gasteiger charge is -2.17. The Bertz CT molecular complexity index is 1250. The first-order valence-corrected chi connectivity index (χ1v) is 12.0. The lowest BCUT2D eigenvalue weighted by atomic mass is 9.89. The van der Waals surface area contributed by atoms with Crippen molar-refractivity contribution in [2.75, 3.05) is 0 Å². The molecular formula is C28H33N2S+. The lowest BCUT2D eigenvalue weighted by Crippen LogP contribution is -2.30. The molecule has 4 rings (SSSR count). The van der Waals surface area contributed by atoms with Crippen LogP contribution in [0.5, 0.6) is 0 Å². The number of rotatable bonds is 4. The van der Waals surface area contributed by atoms with Gasteiger partial charge in [-0.3, -0.25) is 0 Å².